The monoisotopic (exact) mass is 590 g/mol. The van der Waals surface area contributed by atoms with Gasteiger partial charge in [0, 0.05) is 30.8 Å². The van der Waals surface area contributed by atoms with Crippen LogP contribution in [0.3, 0.4) is 0 Å². The number of carbonyl (C=O) groups is 2. The summed E-state index contributed by atoms with van der Waals surface area (Å²) >= 11 is 0. The number of aliphatic hydroxyl groups excluding tert-OH is 3. The summed E-state index contributed by atoms with van der Waals surface area (Å²) in [5, 5.41) is 32.2. The highest BCUT2D eigenvalue weighted by Crippen LogP contribution is 2.27. The zero-order valence-corrected chi connectivity index (χ0v) is 27.1. The Hall–Kier alpha value is -2.52. The van der Waals surface area contributed by atoms with Gasteiger partial charge in [-0.15, -0.1) is 0 Å². The van der Waals surface area contributed by atoms with Crippen LogP contribution in [0.25, 0.3) is 0 Å². The summed E-state index contributed by atoms with van der Waals surface area (Å²) in [7, 11) is 2.86. The van der Waals surface area contributed by atoms with Gasteiger partial charge in [-0.1, -0.05) is 83.1 Å². The maximum absolute atomic E-state index is 13.3. The number of ketones is 1. The van der Waals surface area contributed by atoms with E-state index in [4.69, 9.17) is 14.2 Å². The van der Waals surface area contributed by atoms with E-state index in [2.05, 4.69) is 0 Å². The lowest BCUT2D eigenvalue weighted by atomic mass is 9.84. The molecule has 1 heterocycles. The van der Waals surface area contributed by atoms with Crippen molar-refractivity contribution in [1.29, 1.82) is 0 Å². The summed E-state index contributed by atoms with van der Waals surface area (Å²) in [4.78, 5) is 26.3. The van der Waals surface area contributed by atoms with Crippen LogP contribution in [-0.2, 0) is 23.8 Å². The second-order valence-electron chi connectivity index (χ2n) is 11.9. The quantitative estimate of drug-likeness (QED) is 0.237. The first-order valence-electron chi connectivity index (χ1n) is 15.0. The smallest absolute Gasteiger partial charge is 0.373 e. The van der Waals surface area contributed by atoms with E-state index in [0.717, 1.165) is 11.1 Å². The van der Waals surface area contributed by atoms with Gasteiger partial charge in [0.05, 0.1) is 25.4 Å². The number of methoxy groups -OCH3 is 2. The van der Waals surface area contributed by atoms with Crippen LogP contribution < -0.4 is 0 Å². The van der Waals surface area contributed by atoms with Gasteiger partial charge in [-0.05, 0) is 44.8 Å². The Labute approximate surface area is 252 Å². The summed E-state index contributed by atoms with van der Waals surface area (Å²) in [5.41, 5.74) is 1.78. The van der Waals surface area contributed by atoms with E-state index in [0.29, 0.717) is 12.8 Å². The zero-order chi connectivity index (χ0) is 32.1. The fraction of sp³-hybridized carbons (Fsp3) is 0.647. The fourth-order valence-electron chi connectivity index (χ4n) is 5.21. The van der Waals surface area contributed by atoms with Crippen LogP contribution in [-0.4, -0.2) is 71.8 Å². The largest absolute Gasteiger partial charge is 0.490 e. The molecule has 1 aliphatic rings. The molecule has 0 fully saturated rings. The normalized spacial score (nSPS) is 33.0. The van der Waals surface area contributed by atoms with Gasteiger partial charge in [0.1, 0.15) is 12.2 Å². The van der Waals surface area contributed by atoms with Crippen molar-refractivity contribution in [2.75, 3.05) is 14.2 Å². The standard InChI is InChI=1S/C34H54O8/c1-11-27(35)22(4)15-16-28(36)25(7)32(38)26(8)33-29(40-9)14-12-13-20(2)17-23(5)31(37)24(6)18-21(3)19-30(41-10)34(39)42-33/h12-16,18-19,22-27,29,31-33,35,37-38H,11,17H2,1-10H3/b14-12+,16-15+,20-13+,21-18+,30-19-/t22-,23-,24+,25+,26-,27+,29-,31-,32-,33+/m0/s1. The second kappa shape index (κ2) is 18.2. The van der Waals surface area contributed by atoms with E-state index in [-0.39, 0.29) is 29.3 Å². The van der Waals surface area contributed by atoms with Gasteiger partial charge < -0.3 is 29.5 Å². The topological polar surface area (TPSA) is 123 Å². The Morgan fingerprint density at radius 1 is 1.17 bits per heavy atom. The lowest BCUT2D eigenvalue weighted by molar-refractivity contribution is -0.162. The van der Waals surface area contributed by atoms with Gasteiger partial charge in [0.2, 0.25) is 5.76 Å². The molecule has 1 aliphatic heterocycles. The van der Waals surface area contributed by atoms with Gasteiger partial charge >= 0.3 is 5.97 Å². The minimum Gasteiger partial charge on any atom is -0.490 e. The van der Waals surface area contributed by atoms with Crippen LogP contribution in [0.15, 0.2) is 59.4 Å². The lowest BCUT2D eigenvalue weighted by Gasteiger charge is -2.33. The van der Waals surface area contributed by atoms with Crippen LogP contribution in [0.1, 0.15) is 68.2 Å². The Morgan fingerprint density at radius 2 is 1.81 bits per heavy atom. The van der Waals surface area contributed by atoms with E-state index in [1.807, 2.05) is 59.8 Å². The first-order valence-corrected chi connectivity index (χ1v) is 15.0. The molecule has 0 unspecified atom stereocenters. The third kappa shape index (κ3) is 11.3. The van der Waals surface area contributed by atoms with Crippen molar-refractivity contribution in [3.63, 3.8) is 0 Å². The van der Waals surface area contributed by atoms with E-state index in [1.165, 1.54) is 20.3 Å². The SMILES string of the molecule is CC[C@@H](O)[C@@H](C)/C=C/C(=O)[C@@H](C)[C@H](O)[C@H](C)[C@H]1OC(=O)/C(OC)=C/C(C)=C/[C@@H](C)[C@@H](O)[C@@H](C)C/C(C)=C/C=C/[C@@H]1OC. The predicted molar refractivity (Wildman–Crippen MR) is 165 cm³/mol. The van der Waals surface area contributed by atoms with Crippen LogP contribution >= 0.6 is 0 Å². The molecule has 1 rings (SSSR count). The van der Waals surface area contributed by atoms with E-state index in [1.54, 1.807) is 32.1 Å². The van der Waals surface area contributed by atoms with Crippen molar-refractivity contribution >= 4 is 11.8 Å². The summed E-state index contributed by atoms with van der Waals surface area (Å²) in [6.07, 6.45) is 9.24. The Bertz CT molecular complexity index is 1020. The van der Waals surface area contributed by atoms with Crippen molar-refractivity contribution in [1.82, 2.24) is 0 Å². The molecule has 8 nitrogen and oxygen atoms in total. The zero-order valence-electron chi connectivity index (χ0n) is 27.1. The molecule has 0 bridgehead atoms. The Balaban J connectivity index is 3.47. The molecule has 0 aromatic heterocycles. The van der Waals surface area contributed by atoms with Crippen LogP contribution in [0.5, 0.6) is 0 Å². The number of rotatable bonds is 10. The second-order valence-corrected chi connectivity index (χ2v) is 11.9. The molecule has 0 aromatic carbocycles. The molecule has 8 heteroatoms. The van der Waals surface area contributed by atoms with Crippen molar-refractivity contribution < 1.29 is 39.1 Å². The third-order valence-electron chi connectivity index (χ3n) is 8.20. The van der Waals surface area contributed by atoms with E-state index in [9.17, 15) is 24.9 Å². The van der Waals surface area contributed by atoms with E-state index >= 15 is 0 Å². The molecular weight excluding hydrogens is 536 g/mol. The number of cyclic esters (lactones) is 1. The van der Waals surface area contributed by atoms with Crippen LogP contribution in [0.4, 0.5) is 0 Å². The molecule has 0 spiro atoms. The van der Waals surface area contributed by atoms with Crippen LogP contribution in [0, 0.1) is 29.6 Å². The average Bonchev–Trinajstić information content (AvgIpc) is 2.96. The van der Waals surface area contributed by atoms with Crippen molar-refractivity contribution in [3.05, 3.63) is 59.4 Å². The molecular formula is C34H54O8. The number of esters is 1. The maximum Gasteiger partial charge on any atom is 0.373 e. The van der Waals surface area contributed by atoms with Gasteiger partial charge in [-0.3, -0.25) is 4.79 Å². The number of hydrogen-bond donors (Lipinski definition) is 3. The molecule has 0 saturated carbocycles. The molecule has 0 aliphatic carbocycles. The summed E-state index contributed by atoms with van der Waals surface area (Å²) in [6.45, 7) is 14.8. The Kier molecular flexibility index (Phi) is 16.3. The van der Waals surface area contributed by atoms with Crippen molar-refractivity contribution in [2.45, 2.75) is 98.8 Å². The molecule has 0 radical (unpaired) electrons. The third-order valence-corrected chi connectivity index (χ3v) is 8.20. The number of aliphatic hydroxyl groups is 3. The van der Waals surface area contributed by atoms with Gasteiger partial charge in [0.25, 0.3) is 0 Å². The average molecular weight is 591 g/mol. The fourth-order valence-corrected chi connectivity index (χ4v) is 5.21. The van der Waals surface area contributed by atoms with Gasteiger partial charge in [0.15, 0.2) is 5.78 Å². The number of allylic oxidation sites excluding steroid dienone is 6. The van der Waals surface area contributed by atoms with Crippen molar-refractivity contribution in [2.24, 2.45) is 29.6 Å². The summed E-state index contributed by atoms with van der Waals surface area (Å²) in [6, 6.07) is 0. The van der Waals surface area contributed by atoms with E-state index < -0.39 is 48.3 Å². The van der Waals surface area contributed by atoms with Gasteiger partial charge in [-0.2, -0.15) is 0 Å². The molecule has 3 N–H and O–H groups in total. The minimum absolute atomic E-state index is 0.000107. The summed E-state index contributed by atoms with van der Waals surface area (Å²) < 4.78 is 17.0. The predicted octanol–water partition coefficient (Wildman–Crippen LogP) is 5.09. The van der Waals surface area contributed by atoms with Crippen LogP contribution in [0.2, 0.25) is 0 Å². The minimum atomic E-state index is -1.17. The molecule has 0 amide bonds. The number of hydrogen-bond acceptors (Lipinski definition) is 8. The molecule has 10 atom stereocenters. The highest BCUT2D eigenvalue weighted by atomic mass is 16.6. The van der Waals surface area contributed by atoms with Crippen molar-refractivity contribution in [3.8, 4) is 0 Å². The first kappa shape index (κ1) is 37.5. The lowest BCUT2D eigenvalue weighted by Crippen LogP contribution is -2.45. The highest BCUT2D eigenvalue weighted by Gasteiger charge is 2.38. The molecule has 0 aromatic rings. The number of ether oxygens (including phenoxy) is 3. The highest BCUT2D eigenvalue weighted by molar-refractivity contribution is 5.92. The first-order chi connectivity index (χ1) is 19.7. The molecule has 0 saturated heterocycles. The maximum atomic E-state index is 13.3. The van der Waals surface area contributed by atoms with Gasteiger partial charge in [-0.25, -0.2) is 4.79 Å². The number of carbonyl (C=O) groups excluding carboxylic acids is 2. The molecule has 238 valence electrons. The Morgan fingerprint density at radius 3 is 2.38 bits per heavy atom. The summed E-state index contributed by atoms with van der Waals surface area (Å²) in [5.74, 6) is -2.96. The molecule has 42 heavy (non-hydrogen) atoms.